The summed E-state index contributed by atoms with van der Waals surface area (Å²) in [6, 6.07) is 6.55. The number of hydrogen-bond acceptors (Lipinski definition) is 4. The maximum Gasteiger partial charge on any atom is 0.273 e. The van der Waals surface area contributed by atoms with E-state index in [0.717, 1.165) is 0 Å². The molecule has 0 aliphatic carbocycles. The number of rotatable bonds is 2. The average molecular weight is 258 g/mol. The van der Waals surface area contributed by atoms with Crippen molar-refractivity contribution in [1.29, 1.82) is 0 Å². The number of benzene rings is 1. The Morgan fingerprint density at radius 2 is 2.16 bits per heavy atom. The molecule has 5 nitrogen and oxygen atoms in total. The van der Waals surface area contributed by atoms with Gasteiger partial charge in [0.05, 0.1) is 5.69 Å². The Bertz CT molecular complexity index is 826. The van der Waals surface area contributed by atoms with Gasteiger partial charge in [-0.05, 0) is 24.6 Å². The maximum atomic E-state index is 13.9. The second kappa shape index (κ2) is 4.31. The highest BCUT2D eigenvalue weighted by Crippen LogP contribution is 2.19. The first kappa shape index (κ1) is 11.6. The Labute approximate surface area is 107 Å². The molecular weight excluding hydrogens is 247 g/mol. The van der Waals surface area contributed by atoms with Crippen LogP contribution in [-0.2, 0) is 0 Å². The summed E-state index contributed by atoms with van der Waals surface area (Å²) in [7, 11) is 0. The molecular formula is C13H11FN4O. The van der Waals surface area contributed by atoms with Crippen LogP contribution in [0.5, 0.6) is 0 Å². The zero-order valence-electron chi connectivity index (χ0n) is 10.2. The lowest BCUT2D eigenvalue weighted by molar-refractivity contribution is 0.622. The summed E-state index contributed by atoms with van der Waals surface area (Å²) in [5, 5.41) is 3.40. The standard InChI is InChI=1S/C13H11FN4O/c1-7-3-2-4-8(11(7)14)17-10-5-9-12(16-6-15-9)18-13(10)19/h2-5,17H,6H2,1H3,(H,16,18,19). The number of halogens is 1. The molecule has 2 aromatic rings. The molecule has 0 spiro atoms. The molecule has 3 rings (SSSR count). The highest BCUT2D eigenvalue weighted by atomic mass is 19.1. The highest BCUT2D eigenvalue weighted by molar-refractivity contribution is 5.59. The molecule has 0 atom stereocenters. The molecule has 1 aromatic heterocycles. The number of aryl methyl sites for hydroxylation is 1. The van der Waals surface area contributed by atoms with E-state index in [0.29, 0.717) is 23.1 Å². The third-order valence-electron chi connectivity index (χ3n) is 2.93. The fourth-order valence-corrected chi connectivity index (χ4v) is 1.91. The fraction of sp³-hybridized carbons (Fsp3) is 0.154. The Hall–Kier alpha value is -2.50. The number of pyridine rings is 1. The summed E-state index contributed by atoms with van der Waals surface area (Å²) in [6.07, 6.45) is 0. The second-order valence-corrected chi connectivity index (χ2v) is 4.27. The van der Waals surface area contributed by atoms with Crippen LogP contribution in [0.4, 0.5) is 15.8 Å². The number of aromatic nitrogens is 1. The van der Waals surface area contributed by atoms with E-state index in [1.54, 1.807) is 31.2 Å². The number of H-pyrrole nitrogens is 1. The molecule has 0 amide bonds. The molecule has 0 fully saturated rings. The molecule has 2 heterocycles. The second-order valence-electron chi connectivity index (χ2n) is 4.27. The van der Waals surface area contributed by atoms with Gasteiger partial charge >= 0.3 is 0 Å². The average Bonchev–Trinajstić information content (AvgIpc) is 2.82. The number of aromatic amines is 1. The Morgan fingerprint density at radius 3 is 3.00 bits per heavy atom. The van der Waals surface area contributed by atoms with Gasteiger partial charge in [0.1, 0.15) is 23.5 Å². The Kier molecular flexibility index (Phi) is 2.63. The zero-order chi connectivity index (χ0) is 13.4. The van der Waals surface area contributed by atoms with Crippen LogP contribution < -0.4 is 21.7 Å². The molecule has 19 heavy (non-hydrogen) atoms. The minimum absolute atomic E-state index is 0.254. The third kappa shape index (κ3) is 2.01. The fourth-order valence-electron chi connectivity index (χ4n) is 1.91. The Balaban J connectivity index is 2.08. The van der Waals surface area contributed by atoms with E-state index >= 15 is 0 Å². The first-order valence-electron chi connectivity index (χ1n) is 5.79. The van der Waals surface area contributed by atoms with Gasteiger partial charge in [-0.15, -0.1) is 0 Å². The van der Waals surface area contributed by atoms with Crippen molar-refractivity contribution < 1.29 is 4.39 Å². The van der Waals surface area contributed by atoms with E-state index in [-0.39, 0.29) is 22.8 Å². The topological polar surface area (TPSA) is 69.6 Å². The normalized spacial score (nSPS) is 12.5. The van der Waals surface area contributed by atoms with Crippen LogP contribution in [0.3, 0.4) is 0 Å². The highest BCUT2D eigenvalue weighted by Gasteiger charge is 2.08. The van der Waals surface area contributed by atoms with Crippen molar-refractivity contribution in [3.63, 3.8) is 0 Å². The number of nitrogens with one attached hydrogen (secondary N) is 2. The van der Waals surface area contributed by atoms with E-state index in [1.165, 1.54) is 0 Å². The van der Waals surface area contributed by atoms with Gasteiger partial charge in [-0.1, -0.05) is 12.1 Å². The lowest BCUT2D eigenvalue weighted by Crippen LogP contribution is -2.33. The van der Waals surface area contributed by atoms with Crippen LogP contribution in [0.25, 0.3) is 0 Å². The van der Waals surface area contributed by atoms with Crippen molar-refractivity contribution in [2.75, 3.05) is 12.0 Å². The molecule has 96 valence electrons. The van der Waals surface area contributed by atoms with Crippen LogP contribution in [0, 0.1) is 12.7 Å². The lowest BCUT2D eigenvalue weighted by atomic mass is 10.2. The largest absolute Gasteiger partial charge is 0.349 e. The molecule has 0 bridgehead atoms. The van der Waals surface area contributed by atoms with E-state index < -0.39 is 0 Å². The maximum absolute atomic E-state index is 13.9. The third-order valence-corrected chi connectivity index (χ3v) is 2.93. The van der Waals surface area contributed by atoms with Gasteiger partial charge < -0.3 is 10.3 Å². The minimum atomic E-state index is -0.371. The van der Waals surface area contributed by atoms with E-state index in [2.05, 4.69) is 20.3 Å². The molecule has 0 saturated heterocycles. The predicted octanol–water partition coefficient (Wildman–Crippen LogP) is 0.776. The number of fused-ring (bicyclic) bond motifs is 1. The molecule has 1 aliphatic rings. The van der Waals surface area contributed by atoms with Gasteiger partial charge in [0, 0.05) is 0 Å². The lowest BCUT2D eigenvalue weighted by Gasteiger charge is -2.07. The van der Waals surface area contributed by atoms with Crippen molar-refractivity contribution in [1.82, 2.24) is 4.98 Å². The van der Waals surface area contributed by atoms with Gasteiger partial charge in [-0.2, -0.15) is 0 Å². The molecule has 1 aliphatic heterocycles. The van der Waals surface area contributed by atoms with Gasteiger partial charge in [0.25, 0.3) is 5.56 Å². The van der Waals surface area contributed by atoms with Gasteiger partial charge in [0.2, 0.25) is 0 Å². The molecule has 1 aromatic carbocycles. The van der Waals surface area contributed by atoms with Crippen molar-refractivity contribution in [3.8, 4) is 0 Å². The Morgan fingerprint density at radius 1 is 1.32 bits per heavy atom. The first-order valence-corrected chi connectivity index (χ1v) is 5.79. The summed E-state index contributed by atoms with van der Waals surface area (Å²) in [6.45, 7) is 1.98. The monoisotopic (exact) mass is 258 g/mol. The quantitative estimate of drug-likeness (QED) is 0.835. The summed E-state index contributed by atoms with van der Waals surface area (Å²) < 4.78 is 13.9. The van der Waals surface area contributed by atoms with Crippen LogP contribution >= 0.6 is 0 Å². The van der Waals surface area contributed by atoms with E-state index in [9.17, 15) is 9.18 Å². The van der Waals surface area contributed by atoms with Crippen LogP contribution in [0.15, 0.2) is 39.0 Å². The molecule has 0 radical (unpaired) electrons. The van der Waals surface area contributed by atoms with Crippen molar-refractivity contribution >= 4 is 11.4 Å². The van der Waals surface area contributed by atoms with Gasteiger partial charge in [-0.3, -0.25) is 9.79 Å². The predicted molar refractivity (Wildman–Crippen MR) is 68.7 cm³/mol. The van der Waals surface area contributed by atoms with Crippen LogP contribution in [0.2, 0.25) is 0 Å². The summed E-state index contributed by atoms with van der Waals surface area (Å²) in [5.41, 5.74) is 1.16. The van der Waals surface area contributed by atoms with E-state index in [1.807, 2.05) is 0 Å². The minimum Gasteiger partial charge on any atom is -0.349 e. The van der Waals surface area contributed by atoms with Gasteiger partial charge in [0.15, 0.2) is 5.49 Å². The first-order chi connectivity index (χ1) is 9.15. The summed E-state index contributed by atoms with van der Waals surface area (Å²) in [4.78, 5) is 22.6. The summed E-state index contributed by atoms with van der Waals surface area (Å²) in [5.74, 6) is -0.371. The molecule has 0 unspecified atom stereocenters. The summed E-state index contributed by atoms with van der Waals surface area (Å²) >= 11 is 0. The molecule has 2 N–H and O–H groups in total. The number of anilines is 2. The van der Waals surface area contributed by atoms with E-state index in [4.69, 9.17) is 0 Å². The molecule has 6 heteroatoms. The smallest absolute Gasteiger partial charge is 0.273 e. The number of nitrogens with zero attached hydrogens (tertiary/aromatic N) is 2. The van der Waals surface area contributed by atoms with Crippen LogP contribution in [-0.4, -0.2) is 11.7 Å². The van der Waals surface area contributed by atoms with Gasteiger partial charge in [-0.25, -0.2) is 9.38 Å². The van der Waals surface area contributed by atoms with Crippen molar-refractivity contribution in [3.05, 3.63) is 56.8 Å². The van der Waals surface area contributed by atoms with Crippen LogP contribution in [0.1, 0.15) is 5.56 Å². The molecule has 0 saturated carbocycles. The zero-order valence-corrected chi connectivity index (χ0v) is 10.2. The van der Waals surface area contributed by atoms with Crippen molar-refractivity contribution in [2.45, 2.75) is 6.92 Å². The number of hydrogen-bond donors (Lipinski definition) is 2. The van der Waals surface area contributed by atoms with Crippen molar-refractivity contribution in [2.24, 2.45) is 9.98 Å². The SMILES string of the molecule is Cc1cccc(Nc2cc3c([nH]c2=O)=NCN=3)c1F.